The first-order chi connectivity index (χ1) is 13.5. The van der Waals surface area contributed by atoms with Crippen LogP contribution in [0.5, 0.6) is 5.75 Å². The van der Waals surface area contributed by atoms with E-state index >= 15 is 0 Å². The third-order valence-electron chi connectivity index (χ3n) is 4.30. The van der Waals surface area contributed by atoms with Crippen LogP contribution in [0.15, 0.2) is 53.3 Å². The van der Waals surface area contributed by atoms with Crippen molar-refractivity contribution in [3.8, 4) is 5.75 Å². The minimum absolute atomic E-state index is 0.0572. The highest BCUT2D eigenvalue weighted by Crippen LogP contribution is 2.17. The molecule has 1 aromatic heterocycles. The number of anilines is 1. The van der Waals surface area contributed by atoms with E-state index < -0.39 is 5.97 Å². The number of imidazole rings is 1. The smallest absolute Gasteiger partial charge is 0.329 e. The molecule has 0 unspecified atom stereocenters. The van der Waals surface area contributed by atoms with Crippen molar-refractivity contribution in [3.05, 3.63) is 59.0 Å². The van der Waals surface area contributed by atoms with Crippen LogP contribution in [-0.4, -0.2) is 32.7 Å². The molecule has 0 radical (unpaired) electrons. The van der Waals surface area contributed by atoms with Gasteiger partial charge in [-0.3, -0.25) is 18.7 Å². The zero-order chi connectivity index (χ0) is 20.1. The molecule has 8 heteroatoms. The van der Waals surface area contributed by atoms with Crippen LogP contribution in [0.3, 0.4) is 0 Å². The molecule has 0 spiro atoms. The molecule has 2 N–H and O–H groups in total. The fourth-order valence-corrected chi connectivity index (χ4v) is 2.91. The number of nitrogens with one attached hydrogen (secondary N) is 1. The number of aliphatic carboxylic acids is 1. The number of rotatable bonds is 8. The quantitative estimate of drug-likeness (QED) is 0.581. The number of aromatic nitrogens is 2. The Hall–Kier alpha value is -3.55. The highest BCUT2D eigenvalue weighted by atomic mass is 16.5. The van der Waals surface area contributed by atoms with Crippen LogP contribution in [0.2, 0.25) is 0 Å². The Morgan fingerprint density at radius 3 is 2.43 bits per heavy atom. The summed E-state index contributed by atoms with van der Waals surface area (Å²) < 4.78 is 8.40. The van der Waals surface area contributed by atoms with Gasteiger partial charge in [0.05, 0.1) is 17.6 Å². The number of para-hydroxylation sites is 2. The van der Waals surface area contributed by atoms with E-state index in [2.05, 4.69) is 5.32 Å². The van der Waals surface area contributed by atoms with E-state index in [-0.39, 0.29) is 24.6 Å². The number of carboxylic acids is 1. The molecule has 3 aromatic rings. The lowest BCUT2D eigenvalue weighted by Gasteiger charge is -2.08. The van der Waals surface area contributed by atoms with Gasteiger partial charge in [0.15, 0.2) is 0 Å². The summed E-state index contributed by atoms with van der Waals surface area (Å²) in [5.74, 6) is -0.575. The number of hydrogen-bond donors (Lipinski definition) is 2. The monoisotopic (exact) mass is 383 g/mol. The van der Waals surface area contributed by atoms with Gasteiger partial charge in [0.2, 0.25) is 5.91 Å². The standard InChI is InChI=1S/C20H21N3O5/c1-22-16-5-2-3-6-17(16)23(20(22)27)13-18(24)21-14-8-10-15(11-9-14)28-12-4-7-19(25)26/h2-3,5-6,8-11H,4,7,12-13H2,1H3,(H,21,24)(H,25,26). The molecule has 0 fully saturated rings. The molecular formula is C20H21N3O5. The summed E-state index contributed by atoms with van der Waals surface area (Å²) in [6, 6.07) is 14.1. The van der Waals surface area contributed by atoms with E-state index in [9.17, 15) is 14.4 Å². The van der Waals surface area contributed by atoms with Gasteiger partial charge >= 0.3 is 11.7 Å². The number of carbonyl (C=O) groups is 2. The summed E-state index contributed by atoms with van der Waals surface area (Å²) >= 11 is 0. The molecule has 0 bridgehead atoms. The Labute approximate surface area is 161 Å². The van der Waals surface area contributed by atoms with Crippen molar-refractivity contribution in [3.63, 3.8) is 0 Å². The fourth-order valence-electron chi connectivity index (χ4n) is 2.91. The molecule has 1 heterocycles. The van der Waals surface area contributed by atoms with Crippen LogP contribution in [0.1, 0.15) is 12.8 Å². The molecule has 28 heavy (non-hydrogen) atoms. The van der Waals surface area contributed by atoms with E-state index in [1.165, 1.54) is 9.13 Å². The van der Waals surface area contributed by atoms with Gasteiger partial charge in [-0.25, -0.2) is 4.79 Å². The maximum Gasteiger partial charge on any atom is 0.329 e. The Kier molecular flexibility index (Phi) is 5.78. The molecular weight excluding hydrogens is 362 g/mol. The van der Waals surface area contributed by atoms with Gasteiger partial charge in [-0.2, -0.15) is 0 Å². The maximum atomic E-state index is 12.4. The normalized spacial score (nSPS) is 10.8. The number of fused-ring (bicyclic) bond motifs is 1. The van der Waals surface area contributed by atoms with E-state index in [4.69, 9.17) is 9.84 Å². The third-order valence-corrected chi connectivity index (χ3v) is 4.30. The minimum atomic E-state index is -0.855. The molecule has 0 aliphatic rings. The predicted molar refractivity (Wildman–Crippen MR) is 105 cm³/mol. The second-order valence-corrected chi connectivity index (χ2v) is 6.33. The lowest BCUT2D eigenvalue weighted by molar-refractivity contribution is -0.137. The lowest BCUT2D eigenvalue weighted by Crippen LogP contribution is -2.28. The molecule has 0 aliphatic heterocycles. The van der Waals surface area contributed by atoms with Crippen molar-refractivity contribution in [2.75, 3.05) is 11.9 Å². The van der Waals surface area contributed by atoms with Crippen molar-refractivity contribution < 1.29 is 19.4 Å². The minimum Gasteiger partial charge on any atom is -0.494 e. The maximum absolute atomic E-state index is 12.4. The van der Waals surface area contributed by atoms with E-state index in [1.807, 2.05) is 18.2 Å². The SMILES string of the molecule is Cn1c(=O)n(CC(=O)Nc2ccc(OCCCC(=O)O)cc2)c2ccccc21. The summed E-state index contributed by atoms with van der Waals surface area (Å²) in [5, 5.41) is 11.4. The lowest BCUT2D eigenvalue weighted by atomic mass is 10.3. The van der Waals surface area contributed by atoms with E-state index in [0.717, 1.165) is 5.52 Å². The first-order valence-electron chi connectivity index (χ1n) is 8.84. The average molecular weight is 383 g/mol. The number of amides is 1. The zero-order valence-corrected chi connectivity index (χ0v) is 15.4. The summed E-state index contributed by atoms with van der Waals surface area (Å²) in [6.07, 6.45) is 0.481. The number of ether oxygens (including phenoxy) is 1. The molecule has 0 saturated carbocycles. The van der Waals surface area contributed by atoms with Crippen LogP contribution >= 0.6 is 0 Å². The summed E-state index contributed by atoms with van der Waals surface area (Å²) in [6.45, 7) is 0.218. The van der Waals surface area contributed by atoms with Gasteiger partial charge < -0.3 is 15.2 Å². The Balaban J connectivity index is 1.60. The van der Waals surface area contributed by atoms with Crippen LogP contribution in [-0.2, 0) is 23.2 Å². The van der Waals surface area contributed by atoms with Gasteiger partial charge in [-0.05, 0) is 42.8 Å². The molecule has 2 aromatic carbocycles. The number of carbonyl (C=O) groups excluding carboxylic acids is 1. The number of aryl methyl sites for hydroxylation is 1. The molecule has 8 nitrogen and oxygen atoms in total. The summed E-state index contributed by atoms with van der Waals surface area (Å²) in [4.78, 5) is 35.2. The largest absolute Gasteiger partial charge is 0.494 e. The highest BCUT2D eigenvalue weighted by molar-refractivity contribution is 5.91. The molecule has 146 valence electrons. The van der Waals surface area contributed by atoms with Gasteiger partial charge in [0, 0.05) is 19.2 Å². The molecule has 0 saturated heterocycles. The molecule has 3 rings (SSSR count). The summed E-state index contributed by atoms with van der Waals surface area (Å²) in [5.41, 5.74) is 1.80. The second kappa shape index (κ2) is 8.43. The topological polar surface area (TPSA) is 103 Å². The van der Waals surface area contributed by atoms with Gasteiger partial charge in [0.25, 0.3) is 0 Å². The van der Waals surface area contributed by atoms with Crippen LogP contribution in [0, 0.1) is 0 Å². The van der Waals surface area contributed by atoms with Crippen molar-refractivity contribution in [2.45, 2.75) is 19.4 Å². The predicted octanol–water partition coefficient (Wildman–Crippen LogP) is 2.22. The third kappa shape index (κ3) is 4.40. The van der Waals surface area contributed by atoms with Crippen LogP contribution in [0.25, 0.3) is 11.0 Å². The zero-order valence-electron chi connectivity index (χ0n) is 15.4. The van der Waals surface area contributed by atoms with Gasteiger partial charge in [-0.1, -0.05) is 12.1 Å². The van der Waals surface area contributed by atoms with E-state index in [0.29, 0.717) is 30.0 Å². The number of benzene rings is 2. The fraction of sp³-hybridized carbons (Fsp3) is 0.250. The highest BCUT2D eigenvalue weighted by Gasteiger charge is 2.13. The average Bonchev–Trinajstić information content (AvgIpc) is 2.91. The summed E-state index contributed by atoms with van der Waals surface area (Å²) in [7, 11) is 1.67. The van der Waals surface area contributed by atoms with Crippen molar-refractivity contribution in [1.29, 1.82) is 0 Å². The Bertz CT molecular complexity index is 1050. The van der Waals surface area contributed by atoms with Crippen molar-refractivity contribution in [2.24, 2.45) is 7.05 Å². The van der Waals surface area contributed by atoms with Gasteiger partial charge in [-0.15, -0.1) is 0 Å². The first-order valence-corrected chi connectivity index (χ1v) is 8.84. The Morgan fingerprint density at radius 2 is 1.75 bits per heavy atom. The molecule has 0 atom stereocenters. The van der Waals surface area contributed by atoms with Crippen molar-refractivity contribution in [1.82, 2.24) is 9.13 Å². The van der Waals surface area contributed by atoms with Crippen LogP contribution in [0.4, 0.5) is 5.69 Å². The Morgan fingerprint density at radius 1 is 1.07 bits per heavy atom. The number of nitrogens with zero attached hydrogens (tertiary/aromatic N) is 2. The second-order valence-electron chi connectivity index (χ2n) is 6.33. The molecule has 1 amide bonds. The number of carboxylic acid groups (broad SMARTS) is 1. The van der Waals surface area contributed by atoms with Crippen LogP contribution < -0.4 is 15.7 Å². The molecule has 0 aliphatic carbocycles. The first kappa shape index (κ1) is 19.2. The van der Waals surface area contributed by atoms with E-state index in [1.54, 1.807) is 37.4 Å². The van der Waals surface area contributed by atoms with Gasteiger partial charge in [0.1, 0.15) is 12.3 Å². The van der Waals surface area contributed by atoms with Crippen molar-refractivity contribution >= 4 is 28.6 Å². The number of hydrogen-bond acceptors (Lipinski definition) is 4.